The fraction of sp³-hybridized carbons (Fsp3) is 0.333. The van der Waals surface area contributed by atoms with Gasteiger partial charge in [-0.25, -0.2) is 4.79 Å². The third kappa shape index (κ3) is 6.62. The molecule has 0 bridgehead atoms. The zero-order valence-corrected chi connectivity index (χ0v) is 21.8. The molecule has 0 aromatic carbocycles. The fourth-order valence-corrected chi connectivity index (χ4v) is 2.73. The number of anilines is 6. The molecule has 0 spiro atoms. The van der Waals surface area contributed by atoms with E-state index in [4.69, 9.17) is 88.2 Å². The fourth-order valence-electron chi connectivity index (χ4n) is 1.76. The highest BCUT2D eigenvalue weighted by atomic mass is 35.5. The van der Waals surface area contributed by atoms with Gasteiger partial charge in [0.2, 0.25) is 11.9 Å². The van der Waals surface area contributed by atoms with Gasteiger partial charge in [-0.15, -0.1) is 0 Å². The smallest absolute Gasteiger partial charge is 0.363 e. The summed E-state index contributed by atoms with van der Waals surface area (Å²) in [5, 5.41) is 0. The number of nitrogens with two attached hydrogens (primary N) is 1. The molecule has 14 nitrogen and oxygen atoms in total. The van der Waals surface area contributed by atoms with Crippen LogP contribution in [0.15, 0.2) is 0 Å². The van der Waals surface area contributed by atoms with Crippen LogP contribution in [-0.2, 0) is 4.79 Å². The maximum atomic E-state index is 12.8. The Morgan fingerprint density at radius 2 is 0.970 bits per heavy atom. The van der Waals surface area contributed by atoms with Crippen molar-refractivity contribution in [1.82, 2.24) is 29.9 Å². The molecule has 2 rings (SSSR count). The molecule has 2 aromatic rings. The summed E-state index contributed by atoms with van der Waals surface area (Å²) in [7, 11) is 0. The van der Waals surface area contributed by atoms with Crippen LogP contribution in [-0.4, -0.2) is 41.8 Å². The van der Waals surface area contributed by atoms with Crippen LogP contribution in [0.5, 0.6) is 0 Å². The summed E-state index contributed by atoms with van der Waals surface area (Å²) in [5.41, 5.74) is 4.60. The zero-order valence-electron chi connectivity index (χ0n) is 16.5. The van der Waals surface area contributed by atoms with Crippen molar-refractivity contribution in [2.24, 2.45) is 5.41 Å². The number of rotatable bonds is 5. The van der Waals surface area contributed by atoms with Gasteiger partial charge in [0.1, 0.15) is 0 Å². The number of carbonyl (C=O) groups is 2. The number of urea groups is 1. The number of hydrogen-bond donors (Lipinski definition) is 1. The van der Waals surface area contributed by atoms with Crippen molar-refractivity contribution in [1.29, 1.82) is 0 Å². The molecule has 0 radical (unpaired) electrons. The lowest BCUT2D eigenvalue weighted by atomic mass is 9.96. The van der Waals surface area contributed by atoms with Crippen LogP contribution < -0.4 is 26.9 Å². The standard InChI is InChI=1S/C12H11Cl7N12O2/c1-12(2,3)4(32)27(13)7-23-8(26-10(25-7)31(18)19)29(15)11(33)28(14)6-21-5(20)22-9(24-6)30(16)17/h1-3H3,(H2,20,21,22,24). The van der Waals surface area contributed by atoms with Crippen molar-refractivity contribution >= 4 is 130 Å². The molecule has 0 unspecified atom stereocenters. The van der Waals surface area contributed by atoms with E-state index in [1.54, 1.807) is 20.8 Å². The van der Waals surface area contributed by atoms with Gasteiger partial charge in [0.05, 0.1) is 0 Å². The first kappa shape index (κ1) is 27.4. The number of aromatic nitrogens is 6. The van der Waals surface area contributed by atoms with Crippen LogP contribution in [0.25, 0.3) is 0 Å². The van der Waals surface area contributed by atoms with Crippen LogP contribution in [0.2, 0.25) is 0 Å². The molecule has 0 aliphatic rings. The molecular weight excluding hydrogens is 592 g/mol. The minimum atomic E-state index is -1.22. The van der Waals surface area contributed by atoms with E-state index in [1.165, 1.54) is 0 Å². The molecule has 0 atom stereocenters. The summed E-state index contributed by atoms with van der Waals surface area (Å²) in [6.45, 7) is 4.80. The number of nitrogens with zero attached hydrogens (tertiary/aromatic N) is 11. The second kappa shape index (κ2) is 10.6. The van der Waals surface area contributed by atoms with E-state index in [2.05, 4.69) is 29.9 Å². The first-order valence-electron chi connectivity index (χ1n) is 8.10. The molecule has 180 valence electrons. The van der Waals surface area contributed by atoms with Gasteiger partial charge in [-0.05, 0) is 0 Å². The first-order chi connectivity index (χ1) is 15.1. The maximum Gasteiger partial charge on any atom is 0.363 e. The molecule has 0 saturated carbocycles. The quantitative estimate of drug-likeness (QED) is 0.491. The molecule has 0 saturated heterocycles. The topological polar surface area (TPSA) is 154 Å². The molecule has 33 heavy (non-hydrogen) atoms. The van der Waals surface area contributed by atoms with E-state index in [-0.39, 0.29) is 11.9 Å². The van der Waals surface area contributed by atoms with Gasteiger partial charge >= 0.3 is 6.03 Å². The summed E-state index contributed by atoms with van der Waals surface area (Å²) in [5.74, 6) is -3.29. The summed E-state index contributed by atoms with van der Waals surface area (Å²) in [6.07, 6.45) is 0. The van der Waals surface area contributed by atoms with Gasteiger partial charge in [0.15, 0.2) is 0 Å². The van der Waals surface area contributed by atoms with Crippen molar-refractivity contribution in [3.63, 3.8) is 0 Å². The SMILES string of the molecule is CC(C)(C)C(=O)N(Cl)c1nc(N(Cl)Cl)nc(N(Cl)C(=O)N(Cl)c2nc(N)nc(N(Cl)Cl)n2)n1. The van der Waals surface area contributed by atoms with E-state index in [9.17, 15) is 9.59 Å². The largest absolute Gasteiger partial charge is 0.368 e. The number of halogens is 7. The first-order valence-corrected chi connectivity index (χ1v) is 10.5. The third-order valence-electron chi connectivity index (χ3n) is 3.21. The highest BCUT2D eigenvalue weighted by Crippen LogP contribution is 2.28. The minimum Gasteiger partial charge on any atom is -0.368 e. The second-order valence-corrected chi connectivity index (χ2v) is 9.39. The summed E-state index contributed by atoms with van der Waals surface area (Å²) >= 11 is 40.6. The minimum absolute atomic E-state index is 0.310. The van der Waals surface area contributed by atoms with Gasteiger partial charge < -0.3 is 5.73 Å². The normalized spacial score (nSPS) is 11.1. The molecular formula is C12H11Cl7N12O2. The molecule has 2 N–H and O–H groups in total. The summed E-state index contributed by atoms with van der Waals surface area (Å²) in [4.78, 5) is 47.8. The number of amides is 3. The van der Waals surface area contributed by atoms with E-state index in [0.717, 1.165) is 0 Å². The van der Waals surface area contributed by atoms with E-state index in [0.29, 0.717) is 21.1 Å². The molecule has 2 aromatic heterocycles. The highest BCUT2D eigenvalue weighted by Gasteiger charge is 2.32. The van der Waals surface area contributed by atoms with Crippen molar-refractivity contribution in [2.45, 2.75) is 20.8 Å². The molecule has 3 amide bonds. The third-order valence-corrected chi connectivity index (χ3v) is 4.72. The van der Waals surface area contributed by atoms with Crippen molar-refractivity contribution in [3.8, 4) is 0 Å². The Morgan fingerprint density at radius 1 is 0.636 bits per heavy atom. The van der Waals surface area contributed by atoms with E-state index >= 15 is 0 Å². The summed E-state index contributed by atoms with van der Waals surface area (Å²) < 4.78 is 2.09. The number of hydrogen-bond acceptors (Lipinski definition) is 11. The molecule has 0 aliphatic heterocycles. The van der Waals surface area contributed by atoms with Crippen LogP contribution in [0.3, 0.4) is 0 Å². The monoisotopic (exact) mass is 600 g/mol. The Bertz CT molecular complexity index is 1050. The zero-order chi connectivity index (χ0) is 25.2. The number of nitrogen functional groups attached to an aromatic ring is 1. The molecule has 0 aliphatic carbocycles. The number of carbonyl (C=O) groups excluding carboxylic acids is 2. The van der Waals surface area contributed by atoms with E-state index < -0.39 is 41.1 Å². The lowest BCUT2D eigenvalue weighted by Crippen LogP contribution is -2.36. The van der Waals surface area contributed by atoms with Crippen LogP contribution in [0, 0.1) is 5.41 Å². The van der Waals surface area contributed by atoms with Gasteiger partial charge in [0.25, 0.3) is 29.7 Å². The predicted molar refractivity (Wildman–Crippen MR) is 127 cm³/mol. The second-order valence-electron chi connectivity index (χ2n) is 6.68. The average molecular weight is 603 g/mol. The lowest BCUT2D eigenvalue weighted by Gasteiger charge is -2.23. The Morgan fingerprint density at radius 3 is 1.39 bits per heavy atom. The lowest BCUT2D eigenvalue weighted by molar-refractivity contribution is -0.124. The van der Waals surface area contributed by atoms with E-state index in [1.807, 2.05) is 0 Å². The van der Waals surface area contributed by atoms with Gasteiger partial charge in [-0.3, -0.25) is 4.79 Å². The average Bonchev–Trinajstić information content (AvgIpc) is 2.74. The van der Waals surface area contributed by atoms with Gasteiger partial charge in [0, 0.05) is 87.9 Å². The Kier molecular flexibility index (Phi) is 8.84. The Hall–Kier alpha value is -1.81. The summed E-state index contributed by atoms with van der Waals surface area (Å²) in [6, 6.07) is -1.22. The van der Waals surface area contributed by atoms with Crippen LogP contribution >= 0.6 is 82.4 Å². The Labute approximate surface area is 221 Å². The molecule has 21 heteroatoms. The molecule has 2 heterocycles. The molecule has 0 fully saturated rings. The van der Waals surface area contributed by atoms with Crippen molar-refractivity contribution in [2.75, 3.05) is 26.9 Å². The van der Waals surface area contributed by atoms with Gasteiger partial charge in [-0.1, -0.05) is 20.8 Å². The van der Waals surface area contributed by atoms with Crippen molar-refractivity contribution < 1.29 is 9.59 Å². The van der Waals surface area contributed by atoms with Crippen LogP contribution in [0.4, 0.5) is 40.5 Å². The predicted octanol–water partition coefficient (Wildman–Crippen LogP) is 4.14. The van der Waals surface area contributed by atoms with Crippen LogP contribution in [0.1, 0.15) is 20.8 Å². The maximum absolute atomic E-state index is 12.8. The highest BCUT2D eigenvalue weighted by molar-refractivity contribution is 6.49. The van der Waals surface area contributed by atoms with Crippen molar-refractivity contribution in [3.05, 3.63) is 0 Å². The Balaban J connectivity index is 2.45. The van der Waals surface area contributed by atoms with Gasteiger partial charge in [-0.2, -0.15) is 51.0 Å².